The van der Waals surface area contributed by atoms with E-state index < -0.39 is 16.1 Å². The van der Waals surface area contributed by atoms with Crippen molar-refractivity contribution < 1.29 is 22.2 Å². The van der Waals surface area contributed by atoms with Gasteiger partial charge in [-0.2, -0.15) is 8.42 Å². The van der Waals surface area contributed by atoms with Crippen molar-refractivity contribution in [3.63, 3.8) is 0 Å². The van der Waals surface area contributed by atoms with Crippen LogP contribution in [0.4, 0.5) is 0 Å². The highest BCUT2D eigenvalue weighted by atomic mass is 32.2. The van der Waals surface area contributed by atoms with Gasteiger partial charge < -0.3 is 9.50 Å². The molecule has 4 rings (SSSR count). The van der Waals surface area contributed by atoms with E-state index in [9.17, 15) is 18.0 Å². The predicted molar refractivity (Wildman–Crippen MR) is 120 cm³/mol. The minimum atomic E-state index is -4.12. The third-order valence-corrected chi connectivity index (χ3v) is 6.77. The summed E-state index contributed by atoms with van der Waals surface area (Å²) in [4.78, 5) is 23.5. The maximum atomic E-state index is 12.6. The summed E-state index contributed by atoms with van der Waals surface area (Å²) in [6, 6.07) is 21.9. The number of carbonyl (C=O) groups is 2. The highest BCUT2D eigenvalue weighted by Gasteiger charge is 2.23. The van der Waals surface area contributed by atoms with Crippen molar-refractivity contribution in [3.05, 3.63) is 89.5 Å². The fraction of sp³-hybridized carbons (Fsp3) is 0.200. The third-order valence-electron chi connectivity index (χ3n) is 5.46. The summed E-state index contributed by atoms with van der Waals surface area (Å²) in [5, 5.41) is 3.14. The number of benzene rings is 3. The minimum Gasteiger partial charge on any atom is -0.349 e. The number of rotatable bonds is 6. The summed E-state index contributed by atoms with van der Waals surface area (Å²) in [6.45, 7) is 1.04. The van der Waals surface area contributed by atoms with E-state index in [1.165, 1.54) is 23.3 Å². The van der Waals surface area contributed by atoms with Crippen LogP contribution in [0.3, 0.4) is 0 Å². The van der Waals surface area contributed by atoms with Gasteiger partial charge in [0.1, 0.15) is 4.90 Å². The topological polar surface area (TPSA) is 89.5 Å². The summed E-state index contributed by atoms with van der Waals surface area (Å²) in [6.07, 6.45) is 2.14. The molecule has 0 spiro atoms. The van der Waals surface area contributed by atoms with Crippen molar-refractivity contribution in [1.29, 1.82) is 0 Å². The van der Waals surface area contributed by atoms with Crippen LogP contribution in [0.25, 0.3) is 11.1 Å². The second-order valence-electron chi connectivity index (χ2n) is 7.79. The van der Waals surface area contributed by atoms with E-state index in [1.807, 2.05) is 36.4 Å². The lowest BCUT2D eigenvalue weighted by Crippen LogP contribution is -2.28. The number of nitrogens with one attached hydrogen (secondary N) is 1. The van der Waals surface area contributed by atoms with Gasteiger partial charge >= 0.3 is 16.1 Å². The molecule has 0 fully saturated rings. The van der Waals surface area contributed by atoms with E-state index in [0.717, 1.165) is 36.5 Å². The molecule has 0 aliphatic heterocycles. The molecule has 0 radical (unpaired) electrons. The summed E-state index contributed by atoms with van der Waals surface area (Å²) >= 11 is 0. The van der Waals surface area contributed by atoms with Crippen LogP contribution < -0.4 is 5.32 Å². The maximum absolute atomic E-state index is 12.6. The number of fused-ring (bicyclic) bond motifs is 1. The Bertz CT molecular complexity index is 1270. The molecule has 7 heteroatoms. The van der Waals surface area contributed by atoms with Gasteiger partial charge in [0.2, 0.25) is 5.91 Å². The Balaban J connectivity index is 1.45. The van der Waals surface area contributed by atoms with Gasteiger partial charge in [-0.25, -0.2) is 0 Å². The zero-order chi connectivity index (χ0) is 22.7. The average molecular weight is 450 g/mol. The van der Waals surface area contributed by atoms with E-state index in [1.54, 1.807) is 12.1 Å². The average Bonchev–Trinajstić information content (AvgIpc) is 3.16. The van der Waals surface area contributed by atoms with E-state index in [-0.39, 0.29) is 23.3 Å². The highest BCUT2D eigenvalue weighted by molar-refractivity contribution is 7.87. The van der Waals surface area contributed by atoms with Crippen LogP contribution in [0.2, 0.25) is 0 Å². The largest absolute Gasteiger partial charge is 0.349 e. The molecule has 1 amide bonds. The maximum Gasteiger partial charge on any atom is 0.341 e. The van der Waals surface area contributed by atoms with Gasteiger partial charge in [0, 0.05) is 6.92 Å². The van der Waals surface area contributed by atoms with Gasteiger partial charge in [0.05, 0.1) is 12.5 Å². The molecule has 32 heavy (non-hydrogen) atoms. The molecule has 0 unspecified atom stereocenters. The quantitative estimate of drug-likeness (QED) is 0.576. The molecule has 164 valence electrons. The van der Waals surface area contributed by atoms with Gasteiger partial charge in [0.15, 0.2) is 0 Å². The van der Waals surface area contributed by atoms with Crippen molar-refractivity contribution in [1.82, 2.24) is 5.32 Å². The Morgan fingerprint density at radius 2 is 1.72 bits per heavy atom. The number of amides is 1. The van der Waals surface area contributed by atoms with E-state index in [0.29, 0.717) is 0 Å². The summed E-state index contributed by atoms with van der Waals surface area (Å²) < 4.78 is 28.4. The Hall–Kier alpha value is -3.45. The molecular weight excluding hydrogens is 426 g/mol. The molecule has 0 heterocycles. The first-order valence-electron chi connectivity index (χ1n) is 10.3. The smallest absolute Gasteiger partial charge is 0.341 e. The Morgan fingerprint density at radius 1 is 0.969 bits per heavy atom. The monoisotopic (exact) mass is 449 g/mol. The molecule has 3 aromatic carbocycles. The van der Waals surface area contributed by atoms with Gasteiger partial charge in [-0.05, 0) is 52.8 Å². The number of hydrogen-bond acceptors (Lipinski definition) is 5. The highest BCUT2D eigenvalue weighted by Crippen LogP contribution is 2.31. The number of carbonyl (C=O) groups excluding carboxylic acids is 2. The minimum absolute atomic E-state index is 0.0355. The SMILES string of the molecule is CC(=O)OS(=O)(=O)c1ccc(-c2cccc(CC(=O)N[C@H]3CCc4ccccc43)c2)cc1. The van der Waals surface area contributed by atoms with Crippen molar-refractivity contribution in [2.45, 2.75) is 37.1 Å². The Kier molecular flexibility index (Phi) is 6.10. The first kappa shape index (κ1) is 21.8. The third kappa shape index (κ3) is 4.89. The number of hydrogen-bond donors (Lipinski definition) is 1. The fourth-order valence-electron chi connectivity index (χ4n) is 4.02. The van der Waals surface area contributed by atoms with Crippen LogP contribution in [0, 0.1) is 0 Å². The molecule has 0 bridgehead atoms. The normalized spacial score (nSPS) is 15.1. The van der Waals surface area contributed by atoms with E-state index in [4.69, 9.17) is 0 Å². The van der Waals surface area contributed by atoms with Crippen LogP contribution in [0.5, 0.6) is 0 Å². The molecule has 0 saturated heterocycles. The summed E-state index contributed by atoms with van der Waals surface area (Å²) in [5.41, 5.74) is 5.00. The lowest BCUT2D eigenvalue weighted by atomic mass is 10.0. The van der Waals surface area contributed by atoms with Gasteiger partial charge in [0.25, 0.3) is 0 Å². The van der Waals surface area contributed by atoms with Crippen LogP contribution in [-0.2, 0) is 36.7 Å². The predicted octanol–water partition coefficient (Wildman–Crippen LogP) is 3.95. The van der Waals surface area contributed by atoms with Gasteiger partial charge in [-0.15, -0.1) is 0 Å². The Labute approximate surface area is 187 Å². The van der Waals surface area contributed by atoms with E-state index >= 15 is 0 Å². The second-order valence-corrected chi connectivity index (χ2v) is 9.33. The molecule has 0 saturated carbocycles. The van der Waals surface area contributed by atoms with Gasteiger partial charge in [-0.3, -0.25) is 9.59 Å². The lowest BCUT2D eigenvalue weighted by molar-refractivity contribution is -0.131. The van der Waals surface area contributed by atoms with Crippen molar-refractivity contribution in [2.75, 3.05) is 0 Å². The second kappa shape index (κ2) is 8.96. The summed E-state index contributed by atoms with van der Waals surface area (Å²) in [5.74, 6) is -0.923. The molecule has 3 aromatic rings. The van der Waals surface area contributed by atoms with Crippen LogP contribution >= 0.6 is 0 Å². The van der Waals surface area contributed by atoms with E-state index in [2.05, 4.69) is 21.6 Å². The van der Waals surface area contributed by atoms with Crippen LogP contribution in [0.15, 0.2) is 77.7 Å². The molecule has 6 nitrogen and oxygen atoms in total. The fourth-order valence-corrected chi connectivity index (χ4v) is 4.89. The lowest BCUT2D eigenvalue weighted by Gasteiger charge is -2.14. The van der Waals surface area contributed by atoms with Crippen molar-refractivity contribution >= 4 is 22.0 Å². The molecular formula is C25H23NO5S. The summed E-state index contributed by atoms with van der Waals surface area (Å²) in [7, 11) is -4.12. The molecule has 1 aliphatic carbocycles. The molecule has 1 atom stereocenters. The zero-order valence-electron chi connectivity index (χ0n) is 17.6. The van der Waals surface area contributed by atoms with Crippen LogP contribution in [-0.4, -0.2) is 20.3 Å². The van der Waals surface area contributed by atoms with Crippen LogP contribution in [0.1, 0.15) is 36.1 Å². The molecule has 1 N–H and O–H groups in total. The Morgan fingerprint density at radius 3 is 2.47 bits per heavy atom. The van der Waals surface area contributed by atoms with Gasteiger partial charge in [-0.1, -0.05) is 60.7 Å². The van der Waals surface area contributed by atoms with Crippen molar-refractivity contribution in [3.8, 4) is 11.1 Å². The van der Waals surface area contributed by atoms with Crippen molar-refractivity contribution in [2.24, 2.45) is 0 Å². The standard InChI is InChI=1S/C25H23NO5S/c1-17(27)31-32(29,30)22-12-9-19(10-13-22)21-7-4-5-18(15-21)16-25(28)26-24-14-11-20-6-2-3-8-23(20)24/h2-10,12-13,15,24H,11,14,16H2,1H3,(H,26,28)/t24-/m0/s1. The first-order valence-corrected chi connectivity index (χ1v) is 11.7. The molecule has 1 aliphatic rings. The molecule has 0 aromatic heterocycles. The number of aryl methyl sites for hydroxylation is 1. The first-order chi connectivity index (χ1) is 15.3. The zero-order valence-corrected chi connectivity index (χ0v) is 18.4.